The first-order valence-corrected chi connectivity index (χ1v) is 10.3. The molecule has 0 aliphatic rings. The van der Waals surface area contributed by atoms with Gasteiger partial charge in [0.2, 0.25) is 0 Å². The summed E-state index contributed by atoms with van der Waals surface area (Å²) in [7, 11) is 0. The number of nitrogens with one attached hydrogen (secondary N) is 1. The third-order valence-electron chi connectivity index (χ3n) is 4.36. The van der Waals surface area contributed by atoms with Crippen molar-refractivity contribution in [2.45, 2.75) is 13.5 Å². The smallest absolute Gasteiger partial charge is 0.266 e. The molecular weight excluding hydrogens is 456 g/mol. The molecule has 0 radical (unpaired) electrons. The van der Waals surface area contributed by atoms with Crippen molar-refractivity contribution in [3.05, 3.63) is 99.5 Å². The molecule has 0 saturated heterocycles. The van der Waals surface area contributed by atoms with Gasteiger partial charge >= 0.3 is 0 Å². The van der Waals surface area contributed by atoms with Crippen molar-refractivity contribution >= 4 is 39.4 Å². The summed E-state index contributed by atoms with van der Waals surface area (Å²) in [6.45, 7) is 1.85. The minimum absolute atomic E-state index is 0.0580. The zero-order chi connectivity index (χ0) is 22.2. The molecule has 0 bridgehead atoms. The Morgan fingerprint density at radius 1 is 1.06 bits per heavy atom. The van der Waals surface area contributed by atoms with E-state index in [4.69, 9.17) is 4.74 Å². The number of benzene rings is 3. The number of carbonyl (C=O) groups excluding carboxylic acids is 2. The number of nitrogens with zero attached hydrogens (tertiary/aromatic N) is 1. The van der Waals surface area contributed by atoms with Gasteiger partial charge in [0, 0.05) is 15.7 Å². The molecule has 0 aliphatic heterocycles. The van der Waals surface area contributed by atoms with Gasteiger partial charge in [0.1, 0.15) is 24.0 Å². The molecule has 6 heteroatoms. The van der Waals surface area contributed by atoms with E-state index in [2.05, 4.69) is 21.2 Å². The highest BCUT2D eigenvalue weighted by Gasteiger charge is 2.11. The summed E-state index contributed by atoms with van der Waals surface area (Å²) in [5.74, 6) is -0.0314. The quantitative estimate of drug-likeness (QED) is 0.267. The maximum atomic E-state index is 12.5. The molecule has 0 unspecified atom stereocenters. The Kier molecular flexibility index (Phi) is 7.36. The van der Waals surface area contributed by atoms with E-state index in [1.54, 1.807) is 42.5 Å². The number of carbonyl (C=O) groups is 2. The van der Waals surface area contributed by atoms with Gasteiger partial charge in [-0.1, -0.05) is 52.3 Å². The molecule has 0 saturated carbocycles. The number of amides is 1. The molecule has 0 heterocycles. The molecule has 0 fully saturated rings. The SMILES string of the molecule is CC(=O)c1cccc(NC(=O)C(C#N)=Cc2cccc(OCc3cccc(Br)c3)c2)c1. The summed E-state index contributed by atoms with van der Waals surface area (Å²) >= 11 is 3.43. The number of anilines is 1. The Labute approximate surface area is 189 Å². The lowest BCUT2D eigenvalue weighted by Crippen LogP contribution is -2.13. The van der Waals surface area contributed by atoms with Crippen molar-refractivity contribution < 1.29 is 14.3 Å². The average Bonchev–Trinajstić information content (AvgIpc) is 2.76. The van der Waals surface area contributed by atoms with E-state index in [9.17, 15) is 14.9 Å². The van der Waals surface area contributed by atoms with E-state index >= 15 is 0 Å². The number of hydrogen-bond donors (Lipinski definition) is 1. The van der Waals surface area contributed by atoms with Gasteiger partial charge in [-0.2, -0.15) is 5.26 Å². The summed E-state index contributed by atoms with van der Waals surface area (Å²) in [4.78, 5) is 24.1. The largest absolute Gasteiger partial charge is 0.489 e. The summed E-state index contributed by atoms with van der Waals surface area (Å²) < 4.78 is 6.80. The zero-order valence-electron chi connectivity index (χ0n) is 16.8. The summed E-state index contributed by atoms with van der Waals surface area (Å²) in [5, 5.41) is 12.1. The lowest BCUT2D eigenvalue weighted by atomic mass is 10.1. The fourth-order valence-electron chi connectivity index (χ4n) is 2.82. The Balaban J connectivity index is 1.72. The molecule has 0 aliphatic carbocycles. The van der Waals surface area contributed by atoms with E-state index in [0.717, 1.165) is 10.0 Å². The predicted molar refractivity (Wildman–Crippen MR) is 124 cm³/mol. The zero-order valence-corrected chi connectivity index (χ0v) is 18.3. The molecule has 3 rings (SSSR count). The van der Waals surface area contributed by atoms with Crippen molar-refractivity contribution in [2.24, 2.45) is 0 Å². The first kappa shape index (κ1) is 22.0. The molecule has 3 aromatic rings. The van der Waals surface area contributed by atoms with E-state index in [-0.39, 0.29) is 11.4 Å². The number of halogens is 1. The number of Topliss-reactive ketones (excluding diaryl/α,β-unsaturated/α-hetero) is 1. The number of hydrogen-bond acceptors (Lipinski definition) is 4. The minimum atomic E-state index is -0.552. The monoisotopic (exact) mass is 474 g/mol. The van der Waals surface area contributed by atoms with Gasteiger partial charge in [-0.25, -0.2) is 0 Å². The number of ketones is 1. The molecule has 1 N–H and O–H groups in total. The Morgan fingerprint density at radius 3 is 2.58 bits per heavy atom. The van der Waals surface area contributed by atoms with Crippen molar-refractivity contribution in [2.75, 3.05) is 5.32 Å². The first-order valence-electron chi connectivity index (χ1n) is 9.46. The van der Waals surface area contributed by atoms with Crippen molar-refractivity contribution in [3.63, 3.8) is 0 Å². The van der Waals surface area contributed by atoms with E-state index in [1.165, 1.54) is 13.0 Å². The summed E-state index contributed by atoms with van der Waals surface area (Å²) in [6.07, 6.45) is 1.50. The normalized spacial score (nSPS) is 10.8. The van der Waals surface area contributed by atoms with Crippen LogP contribution in [0.3, 0.4) is 0 Å². The molecule has 1 amide bonds. The van der Waals surface area contributed by atoms with Gasteiger partial charge < -0.3 is 10.1 Å². The molecule has 154 valence electrons. The van der Waals surface area contributed by atoms with Crippen LogP contribution in [0.4, 0.5) is 5.69 Å². The van der Waals surface area contributed by atoms with E-state index < -0.39 is 5.91 Å². The van der Waals surface area contributed by atoms with Crippen LogP contribution in [0.25, 0.3) is 6.08 Å². The Bertz CT molecular complexity index is 1200. The van der Waals surface area contributed by atoms with Gasteiger partial charge in [-0.05, 0) is 60.5 Å². The van der Waals surface area contributed by atoms with Crippen LogP contribution in [0.5, 0.6) is 5.75 Å². The lowest BCUT2D eigenvalue weighted by Gasteiger charge is -2.08. The van der Waals surface area contributed by atoms with E-state index in [1.807, 2.05) is 36.4 Å². The van der Waals surface area contributed by atoms with Crippen LogP contribution in [-0.4, -0.2) is 11.7 Å². The maximum Gasteiger partial charge on any atom is 0.266 e. The Morgan fingerprint density at radius 2 is 1.84 bits per heavy atom. The molecule has 0 aromatic heterocycles. The second kappa shape index (κ2) is 10.4. The van der Waals surface area contributed by atoms with Crippen LogP contribution >= 0.6 is 15.9 Å². The summed E-state index contributed by atoms with van der Waals surface area (Å²) in [6, 6.07) is 23.5. The number of rotatable bonds is 7. The predicted octanol–water partition coefficient (Wildman–Crippen LogP) is 5.78. The third kappa shape index (κ3) is 6.39. The summed E-state index contributed by atoms with van der Waals surface area (Å²) in [5.41, 5.74) is 2.55. The number of nitriles is 1. The fourth-order valence-corrected chi connectivity index (χ4v) is 3.26. The van der Waals surface area contributed by atoms with Gasteiger partial charge in [0.15, 0.2) is 5.78 Å². The highest BCUT2D eigenvalue weighted by Crippen LogP contribution is 2.19. The Hall–Kier alpha value is -3.69. The minimum Gasteiger partial charge on any atom is -0.489 e. The molecule has 3 aromatic carbocycles. The van der Waals surface area contributed by atoms with E-state index in [0.29, 0.717) is 29.2 Å². The highest BCUT2D eigenvalue weighted by atomic mass is 79.9. The van der Waals surface area contributed by atoms with Crippen LogP contribution in [0.1, 0.15) is 28.4 Å². The van der Waals surface area contributed by atoms with Crippen LogP contribution in [0.15, 0.2) is 82.8 Å². The van der Waals surface area contributed by atoms with Crippen molar-refractivity contribution in [3.8, 4) is 11.8 Å². The molecule has 5 nitrogen and oxygen atoms in total. The van der Waals surface area contributed by atoms with Gasteiger partial charge in [-0.15, -0.1) is 0 Å². The number of ether oxygens (including phenoxy) is 1. The van der Waals surface area contributed by atoms with Crippen molar-refractivity contribution in [1.82, 2.24) is 0 Å². The standard InChI is InChI=1S/C25H19BrN2O3/c1-17(29)20-7-4-9-23(14-20)28-25(30)21(15-27)11-18-5-3-10-24(13-18)31-16-19-6-2-8-22(26)12-19/h2-14H,16H2,1H3,(H,28,30). The van der Waals surface area contributed by atoms with Gasteiger partial charge in [0.25, 0.3) is 5.91 Å². The molecule has 0 spiro atoms. The topological polar surface area (TPSA) is 79.2 Å². The lowest BCUT2D eigenvalue weighted by molar-refractivity contribution is -0.112. The first-order chi connectivity index (χ1) is 14.9. The third-order valence-corrected chi connectivity index (χ3v) is 4.85. The second-order valence-electron chi connectivity index (χ2n) is 6.75. The molecule has 31 heavy (non-hydrogen) atoms. The maximum absolute atomic E-state index is 12.5. The van der Waals surface area contributed by atoms with Crippen LogP contribution < -0.4 is 10.1 Å². The average molecular weight is 475 g/mol. The highest BCUT2D eigenvalue weighted by molar-refractivity contribution is 9.10. The molecule has 0 atom stereocenters. The van der Waals surface area contributed by atoms with Gasteiger partial charge in [-0.3, -0.25) is 9.59 Å². The van der Waals surface area contributed by atoms with Crippen molar-refractivity contribution in [1.29, 1.82) is 5.26 Å². The second-order valence-corrected chi connectivity index (χ2v) is 7.67. The fraction of sp³-hybridized carbons (Fsp3) is 0.0800. The van der Waals surface area contributed by atoms with Gasteiger partial charge in [0.05, 0.1) is 0 Å². The van der Waals surface area contributed by atoms with Crippen LogP contribution in [0.2, 0.25) is 0 Å². The van der Waals surface area contributed by atoms with Crippen LogP contribution in [-0.2, 0) is 11.4 Å². The molecular formula is C25H19BrN2O3. The van der Waals surface area contributed by atoms with Crippen LogP contribution in [0, 0.1) is 11.3 Å².